The Kier molecular flexibility index (Phi) is 5.98. The molecule has 0 aliphatic carbocycles. The Labute approximate surface area is 155 Å². The monoisotopic (exact) mass is 367 g/mol. The fraction of sp³-hybridized carbons (Fsp3) is 0.105. The Balaban J connectivity index is 1.51. The van der Waals surface area contributed by atoms with Gasteiger partial charge in [0.25, 0.3) is 0 Å². The number of aryl methyl sites for hydroxylation is 1. The molecule has 0 aliphatic rings. The van der Waals surface area contributed by atoms with Crippen LogP contribution in [0.3, 0.4) is 0 Å². The molecule has 1 amide bonds. The summed E-state index contributed by atoms with van der Waals surface area (Å²) in [7, 11) is 0. The van der Waals surface area contributed by atoms with Gasteiger partial charge in [0.15, 0.2) is 4.34 Å². The molecule has 0 saturated heterocycles. The first-order valence-electron chi connectivity index (χ1n) is 7.75. The van der Waals surface area contributed by atoms with Gasteiger partial charge in [0.05, 0.1) is 0 Å². The molecule has 0 spiro atoms. The SMILES string of the molecule is Cc1ccc(CSc2nnc(NC(=O)C=Cc3ccccc3)s2)cc1. The van der Waals surface area contributed by atoms with Gasteiger partial charge in [-0.1, -0.05) is 83.3 Å². The summed E-state index contributed by atoms with van der Waals surface area (Å²) < 4.78 is 0.836. The largest absolute Gasteiger partial charge is 0.297 e. The van der Waals surface area contributed by atoms with E-state index in [1.54, 1.807) is 17.8 Å². The van der Waals surface area contributed by atoms with E-state index >= 15 is 0 Å². The number of hydrogen-bond donors (Lipinski definition) is 1. The van der Waals surface area contributed by atoms with E-state index in [2.05, 4.69) is 46.7 Å². The molecule has 0 fully saturated rings. The zero-order valence-electron chi connectivity index (χ0n) is 13.7. The van der Waals surface area contributed by atoms with E-state index in [1.807, 2.05) is 30.3 Å². The average Bonchev–Trinajstić information content (AvgIpc) is 3.08. The minimum absolute atomic E-state index is 0.213. The highest BCUT2D eigenvalue weighted by atomic mass is 32.2. The van der Waals surface area contributed by atoms with Crippen LogP contribution in [0.15, 0.2) is 65.0 Å². The summed E-state index contributed by atoms with van der Waals surface area (Å²) in [5.41, 5.74) is 3.46. The predicted molar refractivity (Wildman–Crippen MR) is 105 cm³/mol. The maximum atomic E-state index is 11.9. The second-order valence-corrected chi connectivity index (χ2v) is 7.58. The van der Waals surface area contributed by atoms with Gasteiger partial charge >= 0.3 is 0 Å². The normalized spacial score (nSPS) is 10.9. The van der Waals surface area contributed by atoms with Crippen molar-refractivity contribution in [1.29, 1.82) is 0 Å². The Morgan fingerprint density at radius 3 is 2.64 bits per heavy atom. The smallest absolute Gasteiger partial charge is 0.250 e. The fourth-order valence-electron chi connectivity index (χ4n) is 2.03. The average molecular weight is 367 g/mol. The molecule has 0 unspecified atom stereocenters. The minimum Gasteiger partial charge on any atom is -0.297 e. The minimum atomic E-state index is -0.213. The molecule has 25 heavy (non-hydrogen) atoms. The van der Waals surface area contributed by atoms with E-state index in [4.69, 9.17) is 0 Å². The summed E-state index contributed by atoms with van der Waals surface area (Å²) >= 11 is 2.99. The second kappa shape index (κ2) is 8.60. The summed E-state index contributed by atoms with van der Waals surface area (Å²) in [5, 5.41) is 11.4. The van der Waals surface area contributed by atoms with Gasteiger partial charge in [0.1, 0.15) is 0 Å². The molecule has 2 aromatic carbocycles. The van der Waals surface area contributed by atoms with E-state index < -0.39 is 0 Å². The van der Waals surface area contributed by atoms with Crippen molar-refractivity contribution in [2.75, 3.05) is 5.32 Å². The molecular formula is C19H17N3OS2. The fourth-order valence-corrected chi connectivity index (χ4v) is 3.74. The molecular weight excluding hydrogens is 350 g/mol. The van der Waals surface area contributed by atoms with Crippen LogP contribution in [-0.2, 0) is 10.5 Å². The van der Waals surface area contributed by atoms with Gasteiger partial charge in [-0.25, -0.2) is 0 Å². The van der Waals surface area contributed by atoms with E-state index in [1.165, 1.54) is 28.5 Å². The van der Waals surface area contributed by atoms with E-state index in [-0.39, 0.29) is 5.91 Å². The zero-order valence-corrected chi connectivity index (χ0v) is 15.3. The van der Waals surface area contributed by atoms with Crippen LogP contribution in [-0.4, -0.2) is 16.1 Å². The number of carbonyl (C=O) groups excluding carboxylic acids is 1. The lowest BCUT2D eigenvalue weighted by Crippen LogP contribution is -2.07. The third kappa shape index (κ3) is 5.55. The van der Waals surface area contributed by atoms with Crippen LogP contribution in [0.25, 0.3) is 6.08 Å². The molecule has 3 rings (SSSR count). The molecule has 1 N–H and O–H groups in total. The van der Waals surface area contributed by atoms with Crippen molar-refractivity contribution >= 4 is 40.2 Å². The topological polar surface area (TPSA) is 54.9 Å². The molecule has 0 bridgehead atoms. The number of nitrogens with one attached hydrogen (secondary N) is 1. The molecule has 0 aliphatic heterocycles. The maximum Gasteiger partial charge on any atom is 0.250 e. The molecule has 0 radical (unpaired) electrons. The Bertz CT molecular complexity index is 858. The first kappa shape index (κ1) is 17.4. The highest BCUT2D eigenvalue weighted by Crippen LogP contribution is 2.28. The number of anilines is 1. The van der Waals surface area contributed by atoms with Crippen LogP contribution >= 0.6 is 23.1 Å². The molecule has 6 heteroatoms. The number of rotatable bonds is 6. The van der Waals surface area contributed by atoms with Crippen molar-refractivity contribution in [3.05, 3.63) is 77.4 Å². The predicted octanol–water partition coefficient (Wildman–Crippen LogP) is 4.79. The standard InChI is InChI=1S/C19H17N3OS2/c1-14-7-9-16(10-8-14)13-24-19-22-21-18(25-19)20-17(23)12-11-15-5-3-2-4-6-15/h2-12H,13H2,1H3,(H,20,21,23). The molecule has 4 nitrogen and oxygen atoms in total. The number of benzene rings is 2. The summed E-state index contributed by atoms with van der Waals surface area (Å²) in [4.78, 5) is 11.9. The van der Waals surface area contributed by atoms with Gasteiger partial charge in [-0.3, -0.25) is 10.1 Å². The van der Waals surface area contributed by atoms with Crippen molar-refractivity contribution in [3.8, 4) is 0 Å². The lowest BCUT2D eigenvalue weighted by molar-refractivity contribution is -0.111. The first-order chi connectivity index (χ1) is 12.2. The van der Waals surface area contributed by atoms with Gasteiger partial charge in [0, 0.05) is 11.8 Å². The lowest BCUT2D eigenvalue weighted by atomic mass is 10.2. The van der Waals surface area contributed by atoms with E-state index in [0.717, 1.165) is 15.7 Å². The first-order valence-corrected chi connectivity index (χ1v) is 9.55. The highest BCUT2D eigenvalue weighted by molar-refractivity contribution is 8.00. The lowest BCUT2D eigenvalue weighted by Gasteiger charge is -1.99. The third-order valence-corrected chi connectivity index (χ3v) is 5.39. The molecule has 3 aromatic rings. The van der Waals surface area contributed by atoms with Crippen LogP contribution in [0.2, 0.25) is 0 Å². The van der Waals surface area contributed by atoms with Crippen molar-refractivity contribution < 1.29 is 4.79 Å². The van der Waals surface area contributed by atoms with Gasteiger partial charge in [-0.05, 0) is 24.1 Å². The number of amides is 1. The third-order valence-electron chi connectivity index (χ3n) is 3.35. The quantitative estimate of drug-likeness (QED) is 0.387. The zero-order chi connectivity index (χ0) is 17.5. The van der Waals surface area contributed by atoms with Gasteiger partial charge in [-0.15, -0.1) is 10.2 Å². The van der Waals surface area contributed by atoms with Crippen LogP contribution in [0.1, 0.15) is 16.7 Å². The van der Waals surface area contributed by atoms with Crippen LogP contribution in [0, 0.1) is 6.92 Å². The summed E-state index contributed by atoms with van der Waals surface area (Å²) in [5.74, 6) is 0.617. The molecule has 1 aromatic heterocycles. The number of carbonyl (C=O) groups is 1. The Morgan fingerprint density at radius 1 is 1.12 bits per heavy atom. The molecule has 0 saturated carbocycles. The number of aromatic nitrogens is 2. The Hall–Kier alpha value is -2.44. The van der Waals surface area contributed by atoms with Crippen molar-refractivity contribution in [3.63, 3.8) is 0 Å². The number of thioether (sulfide) groups is 1. The Morgan fingerprint density at radius 2 is 1.88 bits per heavy atom. The number of hydrogen-bond acceptors (Lipinski definition) is 5. The maximum absolute atomic E-state index is 11.9. The molecule has 1 heterocycles. The summed E-state index contributed by atoms with van der Waals surface area (Å²) in [6.07, 6.45) is 3.26. The number of nitrogens with zero attached hydrogens (tertiary/aromatic N) is 2. The summed E-state index contributed by atoms with van der Waals surface area (Å²) in [6.45, 7) is 2.07. The van der Waals surface area contributed by atoms with Crippen molar-refractivity contribution in [2.45, 2.75) is 17.0 Å². The van der Waals surface area contributed by atoms with Crippen molar-refractivity contribution in [1.82, 2.24) is 10.2 Å². The second-order valence-electron chi connectivity index (χ2n) is 5.38. The summed E-state index contributed by atoms with van der Waals surface area (Å²) in [6, 6.07) is 18.1. The van der Waals surface area contributed by atoms with E-state index in [9.17, 15) is 4.79 Å². The van der Waals surface area contributed by atoms with Crippen LogP contribution in [0.5, 0.6) is 0 Å². The van der Waals surface area contributed by atoms with Gasteiger partial charge in [-0.2, -0.15) is 0 Å². The van der Waals surface area contributed by atoms with Crippen LogP contribution < -0.4 is 5.32 Å². The van der Waals surface area contributed by atoms with Gasteiger partial charge < -0.3 is 0 Å². The van der Waals surface area contributed by atoms with Crippen LogP contribution in [0.4, 0.5) is 5.13 Å². The molecule has 0 atom stereocenters. The molecule has 126 valence electrons. The van der Waals surface area contributed by atoms with Gasteiger partial charge in [0.2, 0.25) is 11.0 Å². The van der Waals surface area contributed by atoms with E-state index in [0.29, 0.717) is 5.13 Å². The van der Waals surface area contributed by atoms with Crippen molar-refractivity contribution in [2.24, 2.45) is 0 Å². The highest BCUT2D eigenvalue weighted by Gasteiger charge is 2.07.